The Labute approximate surface area is 135 Å². The molecule has 0 amide bonds. The van der Waals surface area contributed by atoms with Crippen molar-refractivity contribution in [2.45, 2.75) is 26.2 Å². The lowest BCUT2D eigenvalue weighted by Crippen LogP contribution is -2.15. The fourth-order valence-corrected chi connectivity index (χ4v) is 2.52. The molecule has 3 aromatic rings. The molecule has 120 valence electrons. The summed E-state index contributed by atoms with van der Waals surface area (Å²) in [5, 5.41) is 0. The smallest absolute Gasteiger partial charge is 0.145 e. The molecule has 0 saturated heterocycles. The number of anilines is 1. The predicted octanol–water partition coefficient (Wildman–Crippen LogP) is 3.90. The van der Waals surface area contributed by atoms with Crippen LogP contribution in [0.2, 0.25) is 0 Å². The molecule has 0 aliphatic rings. The number of hydrogen-bond donors (Lipinski definition) is 0. The first-order valence-electron chi connectivity index (χ1n) is 7.58. The second-order valence-electron chi connectivity index (χ2n) is 6.98. The zero-order valence-electron chi connectivity index (χ0n) is 14.1. The third kappa shape index (κ3) is 2.91. The molecule has 0 aliphatic carbocycles. The molecular formula is C18H21FN4. The molecule has 0 N–H and O–H groups in total. The quantitative estimate of drug-likeness (QED) is 0.719. The Bertz CT molecular complexity index is 859. The van der Waals surface area contributed by atoms with Crippen LogP contribution in [0, 0.1) is 5.82 Å². The van der Waals surface area contributed by atoms with Gasteiger partial charge in [0.1, 0.15) is 11.5 Å². The maximum absolute atomic E-state index is 14.4. The molecule has 0 fully saturated rings. The molecule has 5 heteroatoms. The molecule has 0 saturated carbocycles. The lowest BCUT2D eigenvalue weighted by molar-refractivity contribution is 0.503. The van der Waals surface area contributed by atoms with Crippen molar-refractivity contribution in [2.24, 2.45) is 0 Å². The van der Waals surface area contributed by atoms with Crippen LogP contribution in [0.5, 0.6) is 0 Å². The van der Waals surface area contributed by atoms with E-state index >= 15 is 0 Å². The monoisotopic (exact) mass is 312 g/mol. The van der Waals surface area contributed by atoms with E-state index in [1.54, 1.807) is 6.20 Å². The van der Waals surface area contributed by atoms with E-state index in [1.807, 2.05) is 68.7 Å². The molecule has 4 nitrogen and oxygen atoms in total. The van der Waals surface area contributed by atoms with Gasteiger partial charge in [0.15, 0.2) is 0 Å². The summed E-state index contributed by atoms with van der Waals surface area (Å²) in [5.74, 6) is -0.291. The molecule has 0 bridgehead atoms. The Morgan fingerprint density at radius 3 is 2.52 bits per heavy atom. The maximum Gasteiger partial charge on any atom is 0.145 e. The minimum Gasteiger partial charge on any atom is -0.378 e. The molecule has 0 radical (unpaired) electrons. The molecule has 0 unspecified atom stereocenters. The van der Waals surface area contributed by atoms with Gasteiger partial charge in [0.25, 0.3) is 0 Å². The average molecular weight is 312 g/mol. The molecule has 0 aliphatic heterocycles. The van der Waals surface area contributed by atoms with E-state index < -0.39 is 0 Å². The average Bonchev–Trinajstić information content (AvgIpc) is 2.88. The van der Waals surface area contributed by atoms with E-state index in [-0.39, 0.29) is 11.2 Å². The number of halogens is 1. The van der Waals surface area contributed by atoms with Crippen molar-refractivity contribution < 1.29 is 4.39 Å². The van der Waals surface area contributed by atoms with Crippen LogP contribution < -0.4 is 4.90 Å². The third-order valence-electron chi connectivity index (χ3n) is 3.81. The van der Waals surface area contributed by atoms with Crippen molar-refractivity contribution in [1.29, 1.82) is 0 Å². The van der Waals surface area contributed by atoms with Gasteiger partial charge in [-0.05, 0) is 12.1 Å². The van der Waals surface area contributed by atoms with Crippen LogP contribution in [-0.4, -0.2) is 28.5 Å². The van der Waals surface area contributed by atoms with Gasteiger partial charge in [0.05, 0.1) is 11.4 Å². The molecule has 3 aromatic heterocycles. The number of rotatable bonds is 2. The van der Waals surface area contributed by atoms with Crippen molar-refractivity contribution >= 4 is 11.3 Å². The van der Waals surface area contributed by atoms with Gasteiger partial charge in [-0.1, -0.05) is 20.8 Å². The standard InChI is InChI=1S/C18H21FN4/c1-18(2,3)17-14(19)8-12(10-20-17)15-11-23-7-6-13(22(4)5)9-16(23)21-15/h6-11H,1-5H3. The Hall–Kier alpha value is -2.43. The first kappa shape index (κ1) is 15.5. The number of hydrogen-bond acceptors (Lipinski definition) is 3. The van der Waals surface area contributed by atoms with Gasteiger partial charge < -0.3 is 9.30 Å². The van der Waals surface area contributed by atoms with Gasteiger partial charge in [-0.3, -0.25) is 4.98 Å². The SMILES string of the molecule is CN(C)c1ccn2cc(-c3cnc(C(C)(C)C)c(F)c3)nc2c1. The summed E-state index contributed by atoms with van der Waals surface area (Å²) < 4.78 is 16.3. The molecule has 23 heavy (non-hydrogen) atoms. The van der Waals surface area contributed by atoms with Gasteiger partial charge >= 0.3 is 0 Å². The van der Waals surface area contributed by atoms with Crippen molar-refractivity contribution in [3.63, 3.8) is 0 Å². The summed E-state index contributed by atoms with van der Waals surface area (Å²) in [7, 11) is 3.97. The highest BCUT2D eigenvalue weighted by Gasteiger charge is 2.21. The summed E-state index contributed by atoms with van der Waals surface area (Å²) in [6, 6.07) is 5.53. The maximum atomic E-state index is 14.4. The van der Waals surface area contributed by atoms with Gasteiger partial charge in [0, 0.05) is 55.4 Å². The topological polar surface area (TPSA) is 33.4 Å². The van der Waals surface area contributed by atoms with Crippen molar-refractivity contribution in [1.82, 2.24) is 14.4 Å². The van der Waals surface area contributed by atoms with Crippen LogP contribution >= 0.6 is 0 Å². The normalized spacial score (nSPS) is 11.9. The Balaban J connectivity index is 2.05. The second kappa shape index (κ2) is 5.33. The largest absolute Gasteiger partial charge is 0.378 e. The highest BCUT2D eigenvalue weighted by Crippen LogP contribution is 2.27. The molecular weight excluding hydrogens is 291 g/mol. The van der Waals surface area contributed by atoms with Gasteiger partial charge in [-0.25, -0.2) is 9.37 Å². The van der Waals surface area contributed by atoms with E-state index in [0.29, 0.717) is 17.0 Å². The van der Waals surface area contributed by atoms with Crippen molar-refractivity contribution in [3.8, 4) is 11.3 Å². The summed E-state index contributed by atoms with van der Waals surface area (Å²) >= 11 is 0. The fourth-order valence-electron chi connectivity index (χ4n) is 2.52. The van der Waals surface area contributed by atoms with Gasteiger partial charge in [-0.15, -0.1) is 0 Å². The van der Waals surface area contributed by atoms with Crippen LogP contribution in [0.3, 0.4) is 0 Å². The van der Waals surface area contributed by atoms with Crippen LogP contribution in [-0.2, 0) is 5.41 Å². The molecule has 3 rings (SSSR count). The molecule has 3 heterocycles. The summed E-state index contributed by atoms with van der Waals surface area (Å²) in [6.07, 6.45) is 5.54. The summed E-state index contributed by atoms with van der Waals surface area (Å²) in [4.78, 5) is 10.9. The van der Waals surface area contributed by atoms with E-state index in [1.165, 1.54) is 6.07 Å². The first-order chi connectivity index (χ1) is 10.8. The Morgan fingerprint density at radius 2 is 1.91 bits per heavy atom. The van der Waals surface area contributed by atoms with E-state index in [4.69, 9.17) is 0 Å². The number of fused-ring (bicyclic) bond motifs is 1. The number of pyridine rings is 2. The predicted molar refractivity (Wildman–Crippen MR) is 91.4 cm³/mol. The number of aromatic nitrogens is 3. The second-order valence-corrected chi connectivity index (χ2v) is 6.98. The molecule has 0 aromatic carbocycles. The van der Waals surface area contributed by atoms with E-state index in [2.05, 4.69) is 9.97 Å². The highest BCUT2D eigenvalue weighted by atomic mass is 19.1. The minimum absolute atomic E-state index is 0.291. The fraction of sp³-hybridized carbons (Fsp3) is 0.333. The Kier molecular flexibility index (Phi) is 3.59. The van der Waals surface area contributed by atoms with Crippen LogP contribution in [0.15, 0.2) is 36.8 Å². The number of nitrogens with zero attached hydrogens (tertiary/aromatic N) is 4. The summed E-state index contributed by atoms with van der Waals surface area (Å²) in [6.45, 7) is 5.85. The zero-order valence-corrected chi connectivity index (χ0v) is 14.1. The van der Waals surface area contributed by atoms with Crippen molar-refractivity contribution in [2.75, 3.05) is 19.0 Å². The minimum atomic E-state index is -0.317. The third-order valence-corrected chi connectivity index (χ3v) is 3.81. The summed E-state index contributed by atoms with van der Waals surface area (Å²) in [5.41, 5.74) is 3.45. The van der Waals surface area contributed by atoms with Gasteiger partial charge in [-0.2, -0.15) is 0 Å². The van der Waals surface area contributed by atoms with Crippen LogP contribution in [0.1, 0.15) is 26.5 Å². The Morgan fingerprint density at radius 1 is 1.17 bits per heavy atom. The lowest BCUT2D eigenvalue weighted by atomic mass is 9.91. The zero-order chi connectivity index (χ0) is 16.8. The van der Waals surface area contributed by atoms with Crippen LogP contribution in [0.25, 0.3) is 16.9 Å². The molecule has 0 atom stereocenters. The van der Waals surface area contributed by atoms with Crippen molar-refractivity contribution in [3.05, 3.63) is 48.3 Å². The molecule has 0 spiro atoms. The van der Waals surface area contributed by atoms with Crippen LogP contribution in [0.4, 0.5) is 10.1 Å². The van der Waals surface area contributed by atoms with E-state index in [9.17, 15) is 4.39 Å². The van der Waals surface area contributed by atoms with Gasteiger partial charge in [0.2, 0.25) is 0 Å². The highest BCUT2D eigenvalue weighted by molar-refractivity contribution is 5.64. The number of imidazole rings is 1. The first-order valence-corrected chi connectivity index (χ1v) is 7.58. The lowest BCUT2D eigenvalue weighted by Gasteiger charge is -2.18. The van der Waals surface area contributed by atoms with E-state index in [0.717, 1.165) is 11.3 Å².